The summed E-state index contributed by atoms with van der Waals surface area (Å²) in [5.74, 6) is 0.228. The molecule has 1 aromatic carbocycles. The van der Waals surface area contributed by atoms with Crippen LogP contribution >= 0.6 is 11.6 Å². The van der Waals surface area contributed by atoms with Gasteiger partial charge in [0.25, 0.3) is 0 Å². The largest absolute Gasteiger partial charge is 0.368 e. The van der Waals surface area contributed by atoms with Crippen molar-refractivity contribution in [2.75, 3.05) is 36.8 Å². The van der Waals surface area contributed by atoms with Crippen molar-refractivity contribution in [3.8, 4) is 0 Å². The molecule has 1 fully saturated rings. The number of nitrogens with one attached hydrogen (secondary N) is 1. The molecule has 120 valence electrons. The van der Waals surface area contributed by atoms with Crippen LogP contribution in [-0.2, 0) is 10.0 Å². The summed E-state index contributed by atoms with van der Waals surface area (Å²) >= 11 is 6.19. The maximum Gasteiger partial charge on any atom is 0.214 e. The first-order valence-corrected chi connectivity index (χ1v) is 9.49. The van der Waals surface area contributed by atoms with Gasteiger partial charge in [-0.3, -0.25) is 0 Å². The number of benzene rings is 1. The van der Waals surface area contributed by atoms with Crippen molar-refractivity contribution in [3.05, 3.63) is 29.4 Å². The highest BCUT2D eigenvalue weighted by Gasteiger charge is 2.27. The predicted molar refractivity (Wildman–Crippen MR) is 91.2 cm³/mol. The molecular formula is C15H20ClN3O2S. The van der Waals surface area contributed by atoms with Gasteiger partial charge < -0.3 is 9.88 Å². The van der Waals surface area contributed by atoms with Crippen molar-refractivity contribution < 1.29 is 8.42 Å². The molecule has 0 radical (unpaired) electrons. The fourth-order valence-corrected chi connectivity index (χ4v) is 4.68. The van der Waals surface area contributed by atoms with Gasteiger partial charge in [-0.05, 0) is 24.6 Å². The highest BCUT2D eigenvalue weighted by molar-refractivity contribution is 7.89. The average Bonchev–Trinajstić information content (AvgIpc) is 2.94. The molecule has 1 aromatic heterocycles. The van der Waals surface area contributed by atoms with Gasteiger partial charge in [0.05, 0.1) is 5.75 Å². The lowest BCUT2D eigenvalue weighted by Gasteiger charge is -2.35. The Morgan fingerprint density at radius 2 is 1.95 bits per heavy atom. The minimum atomic E-state index is -3.10. The van der Waals surface area contributed by atoms with Gasteiger partial charge in [0.15, 0.2) is 0 Å². The van der Waals surface area contributed by atoms with Gasteiger partial charge >= 0.3 is 0 Å². The second-order valence-electron chi connectivity index (χ2n) is 5.57. The molecule has 1 aliphatic rings. The van der Waals surface area contributed by atoms with Crippen molar-refractivity contribution >= 4 is 38.2 Å². The van der Waals surface area contributed by atoms with Crippen LogP contribution in [0.4, 0.5) is 5.69 Å². The van der Waals surface area contributed by atoms with E-state index in [0.29, 0.717) is 37.6 Å². The van der Waals surface area contributed by atoms with E-state index in [4.69, 9.17) is 11.6 Å². The molecule has 5 nitrogen and oxygen atoms in total. The number of aromatic nitrogens is 1. The Morgan fingerprint density at radius 3 is 2.64 bits per heavy atom. The number of hydrogen-bond acceptors (Lipinski definition) is 3. The van der Waals surface area contributed by atoms with Crippen molar-refractivity contribution in [1.82, 2.24) is 9.29 Å². The number of sulfonamides is 1. The number of anilines is 1. The fourth-order valence-electron chi connectivity index (χ4n) is 2.97. The molecule has 1 N–H and O–H groups in total. The molecule has 0 atom stereocenters. The average molecular weight is 342 g/mol. The Morgan fingerprint density at radius 1 is 1.23 bits per heavy atom. The minimum Gasteiger partial charge on any atom is -0.368 e. The molecule has 7 heteroatoms. The van der Waals surface area contributed by atoms with Crippen molar-refractivity contribution in [1.29, 1.82) is 0 Å². The number of rotatable bonds is 4. The molecule has 0 amide bonds. The van der Waals surface area contributed by atoms with E-state index in [1.54, 1.807) is 4.31 Å². The maximum atomic E-state index is 12.1. The zero-order valence-corrected chi connectivity index (χ0v) is 14.1. The Bertz CT molecular complexity index is 764. The molecule has 1 aliphatic heterocycles. The monoisotopic (exact) mass is 341 g/mol. The van der Waals surface area contributed by atoms with Crippen LogP contribution in [0.15, 0.2) is 24.4 Å². The molecule has 2 heterocycles. The van der Waals surface area contributed by atoms with E-state index in [-0.39, 0.29) is 5.75 Å². The van der Waals surface area contributed by atoms with E-state index in [1.807, 2.05) is 31.3 Å². The molecule has 0 saturated carbocycles. The Balaban J connectivity index is 1.80. The normalized spacial score (nSPS) is 17.3. The third-order valence-corrected chi connectivity index (χ3v) is 6.34. The Hall–Kier alpha value is -1.24. The van der Waals surface area contributed by atoms with Gasteiger partial charge in [-0.1, -0.05) is 18.5 Å². The summed E-state index contributed by atoms with van der Waals surface area (Å²) in [6.07, 6.45) is 2.55. The van der Waals surface area contributed by atoms with Crippen LogP contribution in [0.3, 0.4) is 0 Å². The van der Waals surface area contributed by atoms with E-state index >= 15 is 0 Å². The van der Waals surface area contributed by atoms with E-state index in [9.17, 15) is 8.42 Å². The number of piperazine rings is 1. The lowest BCUT2D eigenvalue weighted by atomic mass is 10.2. The molecule has 1 saturated heterocycles. The van der Waals surface area contributed by atoms with E-state index < -0.39 is 10.0 Å². The number of aromatic amines is 1. The second-order valence-corrected chi connectivity index (χ2v) is 8.09. The standard InChI is InChI=1S/C15H20ClN3O2S/c1-2-9-22(20,21)19-7-5-18(6-8-19)15-11-12(16)10-14-13(15)3-4-17-14/h3-4,10-11,17H,2,5-9H2,1H3. The smallest absolute Gasteiger partial charge is 0.214 e. The molecule has 0 spiro atoms. The lowest BCUT2D eigenvalue weighted by Crippen LogP contribution is -2.49. The molecule has 3 rings (SSSR count). The maximum absolute atomic E-state index is 12.1. The highest BCUT2D eigenvalue weighted by atomic mass is 35.5. The first kappa shape index (κ1) is 15.6. The van der Waals surface area contributed by atoms with E-state index in [0.717, 1.165) is 16.6 Å². The van der Waals surface area contributed by atoms with Gasteiger partial charge in [0.2, 0.25) is 10.0 Å². The van der Waals surface area contributed by atoms with Crippen LogP contribution in [-0.4, -0.2) is 49.6 Å². The molecular weight excluding hydrogens is 322 g/mol. The van der Waals surface area contributed by atoms with Gasteiger partial charge in [-0.2, -0.15) is 4.31 Å². The summed E-state index contributed by atoms with van der Waals surface area (Å²) in [4.78, 5) is 5.38. The number of H-pyrrole nitrogens is 1. The summed E-state index contributed by atoms with van der Waals surface area (Å²) in [7, 11) is -3.10. The zero-order valence-electron chi connectivity index (χ0n) is 12.5. The third-order valence-electron chi connectivity index (χ3n) is 4.05. The fraction of sp³-hybridized carbons (Fsp3) is 0.467. The number of nitrogens with zero attached hydrogens (tertiary/aromatic N) is 2. The van der Waals surface area contributed by atoms with Gasteiger partial charge in [-0.25, -0.2) is 8.42 Å². The van der Waals surface area contributed by atoms with E-state index in [1.165, 1.54) is 0 Å². The molecule has 0 aliphatic carbocycles. The highest BCUT2D eigenvalue weighted by Crippen LogP contribution is 2.31. The van der Waals surface area contributed by atoms with Crippen LogP contribution in [0.5, 0.6) is 0 Å². The summed E-state index contributed by atoms with van der Waals surface area (Å²) < 4.78 is 25.9. The Kier molecular flexibility index (Phi) is 4.34. The zero-order chi connectivity index (χ0) is 15.7. The lowest BCUT2D eigenvalue weighted by molar-refractivity contribution is 0.385. The minimum absolute atomic E-state index is 0.228. The van der Waals surface area contributed by atoms with Crippen molar-refractivity contribution in [2.24, 2.45) is 0 Å². The summed E-state index contributed by atoms with van der Waals surface area (Å²) in [6, 6.07) is 5.89. The van der Waals surface area contributed by atoms with Crippen LogP contribution < -0.4 is 4.90 Å². The number of fused-ring (bicyclic) bond motifs is 1. The van der Waals surface area contributed by atoms with Gasteiger partial charge in [0, 0.05) is 54.0 Å². The van der Waals surface area contributed by atoms with Gasteiger partial charge in [0.1, 0.15) is 0 Å². The molecule has 0 unspecified atom stereocenters. The van der Waals surface area contributed by atoms with Crippen molar-refractivity contribution in [2.45, 2.75) is 13.3 Å². The molecule has 22 heavy (non-hydrogen) atoms. The SMILES string of the molecule is CCCS(=O)(=O)N1CCN(c2cc(Cl)cc3[nH]ccc23)CC1. The van der Waals surface area contributed by atoms with Crippen LogP contribution in [0.1, 0.15) is 13.3 Å². The Labute approximate surface area is 135 Å². The quantitative estimate of drug-likeness (QED) is 0.930. The molecule has 2 aromatic rings. The van der Waals surface area contributed by atoms with Crippen LogP contribution in [0, 0.1) is 0 Å². The first-order chi connectivity index (χ1) is 10.5. The van der Waals surface area contributed by atoms with Crippen LogP contribution in [0.2, 0.25) is 5.02 Å². The molecule has 0 bridgehead atoms. The predicted octanol–water partition coefficient (Wildman–Crippen LogP) is 2.68. The second kappa shape index (κ2) is 6.10. The summed E-state index contributed by atoms with van der Waals surface area (Å²) in [5.41, 5.74) is 2.07. The topological polar surface area (TPSA) is 56.4 Å². The summed E-state index contributed by atoms with van der Waals surface area (Å²) in [6.45, 7) is 4.32. The van der Waals surface area contributed by atoms with Gasteiger partial charge in [-0.15, -0.1) is 0 Å². The van der Waals surface area contributed by atoms with E-state index in [2.05, 4.69) is 9.88 Å². The third kappa shape index (κ3) is 2.95. The number of hydrogen-bond donors (Lipinski definition) is 1. The summed E-state index contributed by atoms with van der Waals surface area (Å²) in [5, 5.41) is 1.81. The van der Waals surface area contributed by atoms with Crippen LogP contribution in [0.25, 0.3) is 10.9 Å². The first-order valence-electron chi connectivity index (χ1n) is 7.50. The number of halogens is 1. The van der Waals surface area contributed by atoms with Crippen molar-refractivity contribution in [3.63, 3.8) is 0 Å².